The number of carbonyl (C=O) groups excluding carboxylic acids is 1. The maximum absolute atomic E-state index is 13.1. The molecule has 0 atom stereocenters. The van der Waals surface area contributed by atoms with E-state index in [1.807, 2.05) is 6.92 Å². The van der Waals surface area contributed by atoms with Gasteiger partial charge in [0.1, 0.15) is 18.2 Å². The first-order valence-corrected chi connectivity index (χ1v) is 6.65. The summed E-state index contributed by atoms with van der Waals surface area (Å²) in [5.74, 6) is -0.101. The quantitative estimate of drug-likeness (QED) is 0.831. The number of ether oxygens (including phenoxy) is 1. The van der Waals surface area contributed by atoms with Crippen LogP contribution in [0.3, 0.4) is 0 Å². The first-order valence-electron chi connectivity index (χ1n) is 6.65. The molecule has 2 rings (SSSR count). The number of halogens is 1. The van der Waals surface area contributed by atoms with Crippen molar-refractivity contribution in [3.8, 4) is 5.75 Å². The van der Waals surface area contributed by atoms with Crippen LogP contribution in [-0.4, -0.2) is 12.5 Å². The molecule has 0 saturated carbocycles. The van der Waals surface area contributed by atoms with E-state index < -0.39 is 0 Å². The molecule has 0 spiro atoms. The van der Waals surface area contributed by atoms with Gasteiger partial charge in [0.2, 0.25) is 0 Å². The standard InChI is InChI=1S/C16H17FN2O2/c1-2-19-16(20)12-6-7-14(18)15(9-12)21-10-11-4-3-5-13(17)8-11/h3-9H,2,10,18H2,1H3,(H,19,20). The van der Waals surface area contributed by atoms with Gasteiger partial charge in [-0.15, -0.1) is 0 Å². The minimum atomic E-state index is -0.319. The summed E-state index contributed by atoms with van der Waals surface area (Å²) >= 11 is 0. The molecule has 0 bridgehead atoms. The number of nitrogens with two attached hydrogens (primary N) is 1. The van der Waals surface area contributed by atoms with Gasteiger partial charge in [-0.3, -0.25) is 4.79 Å². The maximum atomic E-state index is 13.1. The molecule has 1 amide bonds. The molecule has 2 aromatic rings. The first kappa shape index (κ1) is 14.8. The lowest BCUT2D eigenvalue weighted by molar-refractivity contribution is 0.0955. The molecule has 110 valence electrons. The summed E-state index contributed by atoms with van der Waals surface area (Å²) in [6.45, 7) is 2.57. The fourth-order valence-electron chi connectivity index (χ4n) is 1.85. The van der Waals surface area contributed by atoms with Crippen molar-refractivity contribution in [2.24, 2.45) is 0 Å². The van der Waals surface area contributed by atoms with Crippen molar-refractivity contribution in [3.63, 3.8) is 0 Å². The molecule has 0 aromatic heterocycles. The van der Waals surface area contributed by atoms with Crippen LogP contribution in [0.5, 0.6) is 5.75 Å². The highest BCUT2D eigenvalue weighted by Crippen LogP contribution is 2.24. The number of amides is 1. The third-order valence-electron chi connectivity index (χ3n) is 2.90. The molecular formula is C16H17FN2O2. The Bertz CT molecular complexity index is 644. The zero-order valence-electron chi connectivity index (χ0n) is 11.7. The molecular weight excluding hydrogens is 271 g/mol. The Morgan fingerprint density at radius 2 is 2.10 bits per heavy atom. The van der Waals surface area contributed by atoms with Gasteiger partial charge >= 0.3 is 0 Å². The Hall–Kier alpha value is -2.56. The zero-order chi connectivity index (χ0) is 15.2. The number of hydrogen-bond acceptors (Lipinski definition) is 3. The average molecular weight is 288 g/mol. The monoisotopic (exact) mass is 288 g/mol. The molecule has 0 aliphatic rings. The van der Waals surface area contributed by atoms with E-state index in [4.69, 9.17) is 10.5 Å². The lowest BCUT2D eigenvalue weighted by Crippen LogP contribution is -2.22. The number of nitrogens with one attached hydrogen (secondary N) is 1. The highest BCUT2D eigenvalue weighted by molar-refractivity contribution is 5.95. The van der Waals surface area contributed by atoms with Crippen LogP contribution in [0.4, 0.5) is 10.1 Å². The second-order valence-electron chi connectivity index (χ2n) is 4.53. The first-order chi connectivity index (χ1) is 10.1. The van der Waals surface area contributed by atoms with Gasteiger partial charge in [-0.2, -0.15) is 0 Å². The summed E-state index contributed by atoms with van der Waals surface area (Å²) < 4.78 is 18.7. The van der Waals surface area contributed by atoms with Crippen LogP contribution in [0.2, 0.25) is 0 Å². The predicted molar refractivity (Wildman–Crippen MR) is 79.6 cm³/mol. The molecule has 3 N–H and O–H groups in total. The van der Waals surface area contributed by atoms with Crippen molar-refractivity contribution < 1.29 is 13.9 Å². The van der Waals surface area contributed by atoms with Gasteiger partial charge in [0.05, 0.1) is 5.69 Å². The Labute approximate surface area is 122 Å². The van der Waals surface area contributed by atoms with Gasteiger partial charge in [-0.05, 0) is 42.8 Å². The summed E-state index contributed by atoms with van der Waals surface area (Å²) in [5.41, 5.74) is 7.42. The van der Waals surface area contributed by atoms with E-state index in [1.165, 1.54) is 12.1 Å². The van der Waals surface area contributed by atoms with Crippen molar-refractivity contribution in [1.29, 1.82) is 0 Å². The predicted octanol–water partition coefficient (Wildman–Crippen LogP) is 2.74. The summed E-state index contributed by atoms with van der Waals surface area (Å²) in [7, 11) is 0. The van der Waals surface area contributed by atoms with E-state index in [0.717, 1.165) is 0 Å². The average Bonchev–Trinajstić information content (AvgIpc) is 2.46. The van der Waals surface area contributed by atoms with E-state index in [0.29, 0.717) is 29.1 Å². The highest BCUT2D eigenvalue weighted by Gasteiger charge is 2.09. The van der Waals surface area contributed by atoms with Crippen LogP contribution in [0.1, 0.15) is 22.8 Å². The summed E-state index contributed by atoms with van der Waals surface area (Å²) in [6, 6.07) is 11.0. The van der Waals surface area contributed by atoms with Gasteiger partial charge in [0, 0.05) is 12.1 Å². The minimum Gasteiger partial charge on any atom is -0.487 e. The van der Waals surface area contributed by atoms with Crippen LogP contribution < -0.4 is 15.8 Å². The topological polar surface area (TPSA) is 64.4 Å². The van der Waals surface area contributed by atoms with Crippen LogP contribution in [0, 0.1) is 5.82 Å². The molecule has 0 heterocycles. The van der Waals surface area contributed by atoms with E-state index in [-0.39, 0.29) is 18.3 Å². The number of hydrogen-bond donors (Lipinski definition) is 2. The Balaban J connectivity index is 2.12. The summed E-state index contributed by atoms with van der Waals surface area (Å²) in [4.78, 5) is 11.8. The van der Waals surface area contributed by atoms with Gasteiger partial charge in [-0.1, -0.05) is 12.1 Å². The fraction of sp³-hybridized carbons (Fsp3) is 0.188. The largest absolute Gasteiger partial charge is 0.487 e. The Kier molecular flexibility index (Phi) is 4.77. The molecule has 21 heavy (non-hydrogen) atoms. The third kappa shape index (κ3) is 3.95. The molecule has 0 aliphatic heterocycles. The van der Waals surface area contributed by atoms with Gasteiger partial charge in [0.15, 0.2) is 0 Å². The van der Waals surface area contributed by atoms with Crippen LogP contribution in [0.15, 0.2) is 42.5 Å². The molecule has 0 aliphatic carbocycles. The molecule has 5 heteroatoms. The number of rotatable bonds is 5. The Morgan fingerprint density at radius 3 is 2.81 bits per heavy atom. The maximum Gasteiger partial charge on any atom is 0.251 e. The third-order valence-corrected chi connectivity index (χ3v) is 2.90. The van der Waals surface area contributed by atoms with Gasteiger partial charge in [-0.25, -0.2) is 4.39 Å². The minimum absolute atomic E-state index is 0.181. The van der Waals surface area contributed by atoms with Crippen molar-refractivity contribution in [1.82, 2.24) is 5.32 Å². The normalized spacial score (nSPS) is 10.2. The lowest BCUT2D eigenvalue weighted by Gasteiger charge is -2.11. The number of anilines is 1. The van der Waals surface area contributed by atoms with Crippen LogP contribution in [0.25, 0.3) is 0 Å². The van der Waals surface area contributed by atoms with E-state index >= 15 is 0 Å². The zero-order valence-corrected chi connectivity index (χ0v) is 11.7. The molecule has 2 aromatic carbocycles. The lowest BCUT2D eigenvalue weighted by atomic mass is 10.1. The van der Waals surface area contributed by atoms with Gasteiger partial charge < -0.3 is 15.8 Å². The number of nitrogen functional groups attached to an aromatic ring is 1. The van der Waals surface area contributed by atoms with Crippen molar-refractivity contribution in [2.45, 2.75) is 13.5 Å². The number of benzene rings is 2. The highest BCUT2D eigenvalue weighted by atomic mass is 19.1. The van der Waals surface area contributed by atoms with Crippen molar-refractivity contribution in [2.75, 3.05) is 12.3 Å². The summed E-state index contributed by atoms with van der Waals surface area (Å²) in [6.07, 6.45) is 0. The second-order valence-corrected chi connectivity index (χ2v) is 4.53. The Morgan fingerprint density at radius 1 is 1.29 bits per heavy atom. The summed E-state index contributed by atoms with van der Waals surface area (Å²) in [5, 5.41) is 2.70. The smallest absolute Gasteiger partial charge is 0.251 e. The fourth-order valence-corrected chi connectivity index (χ4v) is 1.85. The van der Waals surface area contributed by atoms with Crippen LogP contribution >= 0.6 is 0 Å². The van der Waals surface area contributed by atoms with E-state index in [9.17, 15) is 9.18 Å². The van der Waals surface area contributed by atoms with E-state index in [2.05, 4.69) is 5.32 Å². The van der Waals surface area contributed by atoms with E-state index in [1.54, 1.807) is 30.3 Å². The molecule has 0 unspecified atom stereocenters. The van der Waals surface area contributed by atoms with Crippen molar-refractivity contribution >= 4 is 11.6 Å². The van der Waals surface area contributed by atoms with Crippen molar-refractivity contribution in [3.05, 3.63) is 59.4 Å². The molecule has 0 radical (unpaired) electrons. The van der Waals surface area contributed by atoms with Gasteiger partial charge in [0.25, 0.3) is 5.91 Å². The molecule has 4 nitrogen and oxygen atoms in total. The molecule has 0 saturated heterocycles. The van der Waals surface area contributed by atoms with Crippen LogP contribution in [-0.2, 0) is 6.61 Å². The SMILES string of the molecule is CCNC(=O)c1ccc(N)c(OCc2cccc(F)c2)c1. The molecule has 0 fully saturated rings. The number of carbonyl (C=O) groups is 1. The second kappa shape index (κ2) is 6.74.